The smallest absolute Gasteiger partial charge is 0.241 e. The fourth-order valence-electron chi connectivity index (χ4n) is 1.94. The van der Waals surface area contributed by atoms with E-state index < -0.39 is 21.7 Å². The third-order valence-electron chi connectivity index (χ3n) is 3.37. The van der Waals surface area contributed by atoms with Crippen LogP contribution >= 0.6 is 0 Å². The molecule has 0 unspecified atom stereocenters. The van der Waals surface area contributed by atoms with E-state index in [4.69, 9.17) is 0 Å². The summed E-state index contributed by atoms with van der Waals surface area (Å²) in [6.07, 6.45) is 0. The third-order valence-corrected chi connectivity index (χ3v) is 4.77. The second-order valence-corrected chi connectivity index (χ2v) is 6.79. The molecule has 1 N–H and O–H groups in total. The Morgan fingerprint density at radius 3 is 2.43 bits per heavy atom. The van der Waals surface area contributed by atoms with Crippen molar-refractivity contribution in [1.29, 1.82) is 0 Å². The maximum Gasteiger partial charge on any atom is 0.241 e. The van der Waals surface area contributed by atoms with E-state index in [-0.39, 0.29) is 17.0 Å². The van der Waals surface area contributed by atoms with Crippen molar-refractivity contribution in [2.45, 2.75) is 11.8 Å². The predicted octanol–water partition coefficient (Wildman–Crippen LogP) is 2.08. The number of hydrogen-bond acceptors (Lipinski definition) is 3. The number of nitrogens with one attached hydrogen (secondary N) is 1. The Labute approximate surface area is 134 Å². The molecule has 0 aliphatic carbocycles. The van der Waals surface area contributed by atoms with E-state index in [2.05, 4.69) is 4.72 Å². The van der Waals surface area contributed by atoms with E-state index in [1.165, 1.54) is 17.9 Å². The van der Waals surface area contributed by atoms with Crippen LogP contribution in [0.5, 0.6) is 0 Å². The minimum Gasteiger partial charge on any atom is -0.314 e. The van der Waals surface area contributed by atoms with Crippen LogP contribution in [-0.2, 0) is 14.8 Å². The van der Waals surface area contributed by atoms with Crippen LogP contribution < -0.4 is 9.62 Å². The molecule has 7 heteroatoms. The maximum atomic E-state index is 13.2. The molecule has 2 aromatic rings. The fourth-order valence-corrected chi connectivity index (χ4v) is 3.00. The third kappa shape index (κ3) is 4.14. The van der Waals surface area contributed by atoms with Gasteiger partial charge in [-0.15, -0.1) is 0 Å². The number of anilines is 1. The number of halogens is 1. The molecule has 2 rings (SSSR count). The quantitative estimate of drug-likeness (QED) is 0.909. The number of carbonyl (C=O) groups is 1. The van der Waals surface area contributed by atoms with Gasteiger partial charge in [-0.2, -0.15) is 0 Å². The zero-order valence-electron chi connectivity index (χ0n) is 12.8. The van der Waals surface area contributed by atoms with E-state index in [0.717, 1.165) is 12.1 Å². The summed E-state index contributed by atoms with van der Waals surface area (Å²) in [7, 11) is -2.31. The highest BCUT2D eigenvalue weighted by atomic mass is 32.2. The number of rotatable bonds is 5. The molecule has 122 valence electrons. The predicted molar refractivity (Wildman–Crippen MR) is 86.2 cm³/mol. The van der Waals surface area contributed by atoms with Gasteiger partial charge in [-0.05, 0) is 42.8 Å². The molecule has 5 nitrogen and oxygen atoms in total. The molecule has 0 aliphatic heterocycles. The lowest BCUT2D eigenvalue weighted by Gasteiger charge is -2.17. The number of hydrogen-bond donors (Lipinski definition) is 1. The van der Waals surface area contributed by atoms with Crippen LogP contribution in [0.4, 0.5) is 10.1 Å². The van der Waals surface area contributed by atoms with Gasteiger partial charge in [0.15, 0.2) is 0 Å². The molecule has 23 heavy (non-hydrogen) atoms. The average Bonchev–Trinajstić information content (AvgIpc) is 2.55. The first-order valence-electron chi connectivity index (χ1n) is 6.88. The van der Waals surface area contributed by atoms with Crippen molar-refractivity contribution in [3.8, 4) is 0 Å². The average molecular weight is 336 g/mol. The van der Waals surface area contributed by atoms with Gasteiger partial charge in [-0.25, -0.2) is 17.5 Å². The van der Waals surface area contributed by atoms with Crippen LogP contribution in [0.25, 0.3) is 0 Å². The van der Waals surface area contributed by atoms with Crippen LogP contribution in [0, 0.1) is 12.7 Å². The molecule has 0 heterocycles. The molecular weight excluding hydrogens is 319 g/mol. The molecule has 0 aliphatic rings. The Morgan fingerprint density at radius 1 is 1.17 bits per heavy atom. The van der Waals surface area contributed by atoms with Crippen LogP contribution in [0.15, 0.2) is 53.4 Å². The first-order chi connectivity index (χ1) is 10.8. The van der Waals surface area contributed by atoms with E-state index in [1.54, 1.807) is 31.3 Å². The summed E-state index contributed by atoms with van der Waals surface area (Å²) in [5.41, 5.74) is 0.884. The maximum absolute atomic E-state index is 13.2. The molecule has 0 saturated carbocycles. The highest BCUT2D eigenvalue weighted by Crippen LogP contribution is 2.14. The van der Waals surface area contributed by atoms with Gasteiger partial charge in [0.05, 0.1) is 11.4 Å². The Morgan fingerprint density at radius 2 is 1.83 bits per heavy atom. The lowest BCUT2D eigenvalue weighted by Crippen LogP contribution is -2.38. The first-order valence-corrected chi connectivity index (χ1v) is 8.37. The summed E-state index contributed by atoms with van der Waals surface area (Å²) in [4.78, 5) is 13.4. The van der Waals surface area contributed by atoms with Crippen molar-refractivity contribution in [2.75, 3.05) is 18.5 Å². The lowest BCUT2D eigenvalue weighted by atomic mass is 10.2. The van der Waals surface area contributed by atoms with Gasteiger partial charge in [-0.1, -0.05) is 18.2 Å². The van der Waals surface area contributed by atoms with Crippen molar-refractivity contribution in [3.63, 3.8) is 0 Å². The second kappa shape index (κ2) is 6.89. The van der Waals surface area contributed by atoms with E-state index >= 15 is 0 Å². The van der Waals surface area contributed by atoms with Crippen LogP contribution in [0.2, 0.25) is 0 Å². The molecular formula is C16H17FN2O3S. The molecule has 0 bridgehead atoms. The number of amides is 1. The van der Waals surface area contributed by atoms with Crippen molar-refractivity contribution in [2.24, 2.45) is 0 Å². The summed E-state index contributed by atoms with van der Waals surface area (Å²) in [5, 5.41) is 0. The van der Waals surface area contributed by atoms with Crippen LogP contribution in [0.3, 0.4) is 0 Å². The van der Waals surface area contributed by atoms with Gasteiger partial charge in [0.1, 0.15) is 5.82 Å². The number of carbonyl (C=O) groups excluding carboxylic acids is 1. The second-order valence-electron chi connectivity index (χ2n) is 5.02. The number of nitrogens with zero attached hydrogens (tertiary/aromatic N) is 1. The van der Waals surface area contributed by atoms with Gasteiger partial charge < -0.3 is 4.90 Å². The van der Waals surface area contributed by atoms with E-state index in [1.807, 2.05) is 6.07 Å². The first kappa shape index (κ1) is 17.1. The Hall–Kier alpha value is -2.25. The van der Waals surface area contributed by atoms with Crippen LogP contribution in [0.1, 0.15) is 5.56 Å². The molecule has 0 atom stereocenters. The summed E-state index contributed by atoms with van der Waals surface area (Å²) in [6, 6.07) is 12.4. The molecule has 0 spiro atoms. The lowest BCUT2D eigenvalue weighted by molar-refractivity contribution is -0.117. The highest BCUT2D eigenvalue weighted by molar-refractivity contribution is 7.89. The molecule has 0 fully saturated rings. The summed E-state index contributed by atoms with van der Waals surface area (Å²) in [5.74, 6) is -0.887. The largest absolute Gasteiger partial charge is 0.314 e. The van der Waals surface area contributed by atoms with Gasteiger partial charge in [0.2, 0.25) is 15.9 Å². The standard InChI is InChI=1S/C16H17FN2O3S/c1-12-10-14(8-9-15(12)17)23(21,22)18-11-16(20)19(2)13-6-4-3-5-7-13/h3-10,18H,11H2,1-2H3. The number of likely N-dealkylation sites (N-methyl/N-ethyl adjacent to an activating group) is 1. The Bertz CT molecular complexity index is 807. The Kier molecular flexibility index (Phi) is 5.12. The van der Waals surface area contributed by atoms with Crippen LogP contribution in [-0.4, -0.2) is 27.9 Å². The molecule has 0 aromatic heterocycles. The Balaban J connectivity index is 2.07. The molecule has 1 amide bonds. The summed E-state index contributed by atoms with van der Waals surface area (Å²) < 4.78 is 39.8. The number of sulfonamides is 1. The van der Waals surface area contributed by atoms with Crippen molar-refractivity contribution >= 4 is 21.6 Å². The van der Waals surface area contributed by atoms with E-state index in [9.17, 15) is 17.6 Å². The fraction of sp³-hybridized carbons (Fsp3) is 0.188. The summed E-state index contributed by atoms with van der Waals surface area (Å²) in [6.45, 7) is 1.09. The van der Waals surface area contributed by atoms with E-state index in [0.29, 0.717) is 5.69 Å². The summed E-state index contributed by atoms with van der Waals surface area (Å²) >= 11 is 0. The van der Waals surface area contributed by atoms with Crippen molar-refractivity contribution in [3.05, 3.63) is 59.9 Å². The highest BCUT2D eigenvalue weighted by Gasteiger charge is 2.18. The number of aryl methyl sites for hydroxylation is 1. The number of benzene rings is 2. The number of para-hydroxylation sites is 1. The van der Waals surface area contributed by atoms with Crippen molar-refractivity contribution in [1.82, 2.24) is 4.72 Å². The topological polar surface area (TPSA) is 66.5 Å². The minimum atomic E-state index is -3.87. The monoisotopic (exact) mass is 336 g/mol. The van der Waals surface area contributed by atoms with Gasteiger partial charge in [-0.3, -0.25) is 4.79 Å². The zero-order chi connectivity index (χ0) is 17.0. The molecule has 0 radical (unpaired) electrons. The van der Waals surface area contributed by atoms with Crippen molar-refractivity contribution < 1.29 is 17.6 Å². The normalized spacial score (nSPS) is 11.3. The van der Waals surface area contributed by atoms with Gasteiger partial charge >= 0.3 is 0 Å². The molecule has 0 saturated heterocycles. The zero-order valence-corrected chi connectivity index (χ0v) is 13.6. The van der Waals surface area contributed by atoms with Gasteiger partial charge in [0, 0.05) is 12.7 Å². The van der Waals surface area contributed by atoms with Gasteiger partial charge in [0.25, 0.3) is 0 Å². The SMILES string of the molecule is Cc1cc(S(=O)(=O)NCC(=O)N(C)c2ccccc2)ccc1F. The minimum absolute atomic E-state index is 0.0773. The molecule has 2 aromatic carbocycles.